The summed E-state index contributed by atoms with van der Waals surface area (Å²) in [5, 5.41) is 0. The molecule has 0 saturated carbocycles. The Morgan fingerprint density at radius 1 is 1.28 bits per heavy atom. The molecule has 1 aromatic rings. The molecule has 4 aliphatic rings. The molecule has 1 aromatic carbocycles. The first-order chi connectivity index (χ1) is 12.2. The lowest BCUT2D eigenvalue weighted by Gasteiger charge is -2.46. The van der Waals surface area contributed by atoms with Crippen molar-refractivity contribution in [2.24, 2.45) is 0 Å². The lowest BCUT2D eigenvalue weighted by Crippen LogP contribution is -2.51. The van der Waals surface area contributed by atoms with E-state index in [1.54, 1.807) is 7.11 Å². The lowest BCUT2D eigenvalue weighted by atomic mass is 9.73. The highest BCUT2D eigenvalue weighted by Gasteiger charge is 2.51. The van der Waals surface area contributed by atoms with Gasteiger partial charge in [-0.25, -0.2) is 0 Å². The van der Waals surface area contributed by atoms with Crippen LogP contribution in [0.2, 0.25) is 0 Å². The zero-order valence-corrected chi connectivity index (χ0v) is 14.4. The Labute approximate surface area is 146 Å². The molecule has 1 fully saturated rings. The summed E-state index contributed by atoms with van der Waals surface area (Å²) in [4.78, 5) is 14.2. The summed E-state index contributed by atoms with van der Waals surface area (Å²) in [7, 11) is 1.68. The van der Waals surface area contributed by atoms with Gasteiger partial charge in [0.1, 0.15) is 12.2 Å². The van der Waals surface area contributed by atoms with E-state index in [-0.39, 0.29) is 36.9 Å². The number of hydrogen-bond donors (Lipinski definition) is 0. The van der Waals surface area contributed by atoms with Crippen LogP contribution in [0.3, 0.4) is 0 Å². The Bertz CT molecular complexity index is 773. The standard InChI is InChI=1S/C19H21NO5/c1-10(21)25-19-16(22-2)5-11-3-4-20-8-12-6-14-15(24-9-23-14)7-13(12)17(19)18(11)20/h5-7,16-19H,3-4,8-9H2,1-2H3. The van der Waals surface area contributed by atoms with E-state index in [2.05, 4.69) is 23.1 Å². The Balaban J connectivity index is 1.66. The highest BCUT2D eigenvalue weighted by molar-refractivity contribution is 5.66. The topological polar surface area (TPSA) is 57.2 Å². The molecule has 0 amide bonds. The van der Waals surface area contributed by atoms with E-state index in [0.717, 1.165) is 31.0 Å². The Hall–Kier alpha value is -2.05. The normalized spacial score (nSPS) is 32.0. The van der Waals surface area contributed by atoms with Crippen LogP contribution in [0.5, 0.6) is 11.5 Å². The van der Waals surface area contributed by atoms with E-state index in [0.29, 0.717) is 0 Å². The highest BCUT2D eigenvalue weighted by Crippen LogP contribution is 2.50. The average molecular weight is 343 g/mol. The van der Waals surface area contributed by atoms with E-state index in [1.165, 1.54) is 23.6 Å². The van der Waals surface area contributed by atoms with Gasteiger partial charge in [-0.15, -0.1) is 0 Å². The molecule has 0 spiro atoms. The minimum atomic E-state index is -0.337. The molecule has 4 atom stereocenters. The number of methoxy groups -OCH3 is 1. The van der Waals surface area contributed by atoms with Gasteiger partial charge in [-0.3, -0.25) is 9.69 Å². The quantitative estimate of drug-likeness (QED) is 0.604. The van der Waals surface area contributed by atoms with Crippen molar-refractivity contribution < 1.29 is 23.7 Å². The summed E-state index contributed by atoms with van der Waals surface area (Å²) in [6.45, 7) is 3.62. The summed E-state index contributed by atoms with van der Waals surface area (Å²) >= 11 is 0. The second-order valence-corrected chi connectivity index (χ2v) is 7.11. The predicted octanol–water partition coefficient (Wildman–Crippen LogP) is 1.97. The van der Waals surface area contributed by atoms with Gasteiger partial charge in [0, 0.05) is 39.1 Å². The molecule has 3 heterocycles. The fourth-order valence-corrected chi connectivity index (χ4v) is 4.85. The van der Waals surface area contributed by atoms with Gasteiger partial charge >= 0.3 is 5.97 Å². The second-order valence-electron chi connectivity index (χ2n) is 7.11. The molecule has 4 unspecified atom stereocenters. The molecule has 0 bridgehead atoms. The molecule has 0 N–H and O–H groups in total. The van der Waals surface area contributed by atoms with Gasteiger partial charge in [0.05, 0.1) is 0 Å². The third-order valence-corrected chi connectivity index (χ3v) is 5.80. The monoisotopic (exact) mass is 343 g/mol. The van der Waals surface area contributed by atoms with E-state index in [9.17, 15) is 4.79 Å². The molecule has 5 rings (SSSR count). The van der Waals surface area contributed by atoms with Crippen molar-refractivity contribution in [2.75, 3.05) is 20.4 Å². The van der Waals surface area contributed by atoms with Crippen LogP contribution in [-0.2, 0) is 20.8 Å². The van der Waals surface area contributed by atoms with Crippen LogP contribution >= 0.6 is 0 Å². The van der Waals surface area contributed by atoms with Gasteiger partial charge in [0.25, 0.3) is 0 Å². The van der Waals surface area contributed by atoms with Crippen molar-refractivity contribution >= 4 is 5.97 Å². The average Bonchev–Trinajstić information content (AvgIpc) is 3.20. The number of hydrogen-bond acceptors (Lipinski definition) is 6. The van der Waals surface area contributed by atoms with Crippen LogP contribution in [-0.4, -0.2) is 49.6 Å². The van der Waals surface area contributed by atoms with Gasteiger partial charge in [-0.2, -0.15) is 0 Å². The number of carbonyl (C=O) groups excluding carboxylic acids is 1. The fraction of sp³-hybridized carbons (Fsp3) is 0.526. The summed E-state index contributed by atoms with van der Waals surface area (Å²) in [6, 6.07) is 4.42. The Morgan fingerprint density at radius 3 is 2.84 bits per heavy atom. The van der Waals surface area contributed by atoms with Gasteiger partial charge in [-0.05, 0) is 29.7 Å². The number of carbonyl (C=O) groups is 1. The van der Waals surface area contributed by atoms with Crippen LogP contribution in [0.4, 0.5) is 0 Å². The summed E-state index contributed by atoms with van der Waals surface area (Å²) in [5.74, 6) is 1.35. The maximum Gasteiger partial charge on any atom is 0.303 e. The second kappa shape index (κ2) is 5.47. The molecule has 132 valence electrons. The third kappa shape index (κ3) is 2.20. The summed E-state index contributed by atoms with van der Waals surface area (Å²) in [5.41, 5.74) is 3.80. The van der Waals surface area contributed by atoms with E-state index in [1.807, 2.05) is 0 Å². The number of ether oxygens (including phenoxy) is 4. The Kier molecular flexibility index (Phi) is 3.33. The molecule has 3 aliphatic heterocycles. The number of nitrogens with zero attached hydrogens (tertiary/aromatic N) is 1. The number of benzene rings is 1. The van der Waals surface area contributed by atoms with Gasteiger partial charge in [0.15, 0.2) is 11.5 Å². The number of esters is 1. The van der Waals surface area contributed by atoms with E-state index in [4.69, 9.17) is 18.9 Å². The smallest absolute Gasteiger partial charge is 0.303 e. The Morgan fingerprint density at radius 2 is 2.08 bits per heavy atom. The molecule has 25 heavy (non-hydrogen) atoms. The zero-order chi connectivity index (χ0) is 17.1. The van der Waals surface area contributed by atoms with Gasteiger partial charge in [0.2, 0.25) is 6.79 Å². The SMILES string of the molecule is COC1C=C2CCN3Cc4cc5c(cc4C(C1OC(C)=O)C23)OCO5. The lowest BCUT2D eigenvalue weighted by molar-refractivity contribution is -0.155. The van der Waals surface area contributed by atoms with Crippen LogP contribution in [0.15, 0.2) is 23.8 Å². The molecular weight excluding hydrogens is 322 g/mol. The molecule has 0 aromatic heterocycles. The van der Waals surface area contributed by atoms with E-state index < -0.39 is 0 Å². The predicted molar refractivity (Wildman–Crippen MR) is 88.6 cm³/mol. The van der Waals surface area contributed by atoms with Crippen molar-refractivity contribution in [1.29, 1.82) is 0 Å². The zero-order valence-electron chi connectivity index (χ0n) is 14.4. The van der Waals surface area contributed by atoms with Crippen LogP contribution in [0.25, 0.3) is 0 Å². The van der Waals surface area contributed by atoms with Crippen molar-refractivity contribution in [3.63, 3.8) is 0 Å². The maximum atomic E-state index is 11.8. The number of fused-ring (bicyclic) bond motifs is 3. The highest BCUT2D eigenvalue weighted by atomic mass is 16.7. The first-order valence-electron chi connectivity index (χ1n) is 8.73. The largest absolute Gasteiger partial charge is 0.459 e. The molecule has 0 radical (unpaired) electrons. The molecule has 6 heteroatoms. The first-order valence-corrected chi connectivity index (χ1v) is 8.73. The van der Waals surface area contributed by atoms with Crippen molar-refractivity contribution in [2.45, 2.75) is 44.1 Å². The van der Waals surface area contributed by atoms with Crippen LogP contribution in [0, 0.1) is 0 Å². The molecule has 1 saturated heterocycles. The minimum Gasteiger partial charge on any atom is -0.459 e. The number of rotatable bonds is 2. The molecular formula is C19H21NO5. The maximum absolute atomic E-state index is 11.8. The third-order valence-electron chi connectivity index (χ3n) is 5.80. The van der Waals surface area contributed by atoms with E-state index >= 15 is 0 Å². The summed E-state index contributed by atoms with van der Waals surface area (Å²) in [6.07, 6.45) is 2.63. The van der Waals surface area contributed by atoms with Gasteiger partial charge in [-0.1, -0.05) is 11.6 Å². The van der Waals surface area contributed by atoms with Crippen molar-refractivity contribution in [3.8, 4) is 11.5 Å². The van der Waals surface area contributed by atoms with Gasteiger partial charge < -0.3 is 18.9 Å². The van der Waals surface area contributed by atoms with Crippen molar-refractivity contribution in [1.82, 2.24) is 4.90 Å². The first kappa shape index (κ1) is 15.2. The van der Waals surface area contributed by atoms with Crippen LogP contribution < -0.4 is 9.47 Å². The fourth-order valence-electron chi connectivity index (χ4n) is 4.85. The molecule has 1 aliphatic carbocycles. The van der Waals surface area contributed by atoms with Crippen LogP contribution in [0.1, 0.15) is 30.4 Å². The van der Waals surface area contributed by atoms with Crippen molar-refractivity contribution in [3.05, 3.63) is 34.9 Å². The molecule has 6 nitrogen and oxygen atoms in total. The summed E-state index contributed by atoms with van der Waals surface area (Å²) < 4.78 is 22.6. The minimum absolute atomic E-state index is 0.0506.